The van der Waals surface area contributed by atoms with Gasteiger partial charge in [-0.25, -0.2) is 0 Å². The van der Waals surface area contributed by atoms with Crippen LogP contribution in [0.15, 0.2) is 28.8 Å². The number of halogens is 1. The van der Waals surface area contributed by atoms with Crippen LogP contribution in [0.4, 0.5) is 0 Å². The van der Waals surface area contributed by atoms with E-state index in [1.54, 1.807) is 0 Å². The van der Waals surface area contributed by atoms with Gasteiger partial charge in [0.2, 0.25) is 11.7 Å². The number of nitrogens with two attached hydrogens (primary N) is 1. The number of benzene rings is 1. The summed E-state index contributed by atoms with van der Waals surface area (Å²) in [6.07, 6.45) is 10.9. The zero-order valence-electron chi connectivity index (χ0n) is 16.7. The Kier molecular flexibility index (Phi) is 8.77. The number of rotatable bonds is 9. The second-order valence-corrected chi connectivity index (χ2v) is 7.41. The molecule has 3 rings (SSSR count). The minimum Gasteiger partial charge on any atom is -0.370 e. The highest BCUT2D eigenvalue weighted by atomic mass is 35.5. The molecule has 0 aliphatic carbocycles. The topological polar surface area (TPSA) is 92.0 Å². The van der Waals surface area contributed by atoms with Crippen molar-refractivity contribution in [3.63, 3.8) is 0 Å². The van der Waals surface area contributed by atoms with E-state index in [1.165, 1.54) is 44.1 Å². The van der Waals surface area contributed by atoms with Gasteiger partial charge in [0, 0.05) is 12.1 Å². The fourth-order valence-electron chi connectivity index (χ4n) is 3.73. The molecule has 1 aromatic heterocycles. The molecule has 0 amide bonds. The third-order valence-corrected chi connectivity index (χ3v) is 5.32. The Hall–Kier alpha value is -2.08. The first-order valence-corrected chi connectivity index (χ1v) is 10.2. The molecule has 1 aromatic carbocycles. The molecule has 0 saturated carbocycles. The van der Waals surface area contributed by atoms with E-state index < -0.39 is 0 Å². The molecule has 1 aliphatic heterocycles. The third-order valence-electron chi connectivity index (χ3n) is 5.32. The molecular formula is C21H32ClN5O. The summed E-state index contributed by atoms with van der Waals surface area (Å²) in [5, 5.41) is 11.8. The molecule has 0 bridgehead atoms. The standard InChI is InChI=1S/C21H31N5O.ClH/c1-2-3-4-5-6-7-9-16-11-13-17(14-12-16)19-24-20(27-25-19)18-10-8-15-26(18)21(22)23;/h11-14,18H,2-10,15H2,1H3,(H3,22,23);1H. The van der Waals surface area contributed by atoms with Gasteiger partial charge in [-0.15, -0.1) is 12.4 Å². The number of nitrogens with zero attached hydrogens (tertiary/aromatic N) is 3. The molecule has 6 nitrogen and oxygen atoms in total. The van der Waals surface area contributed by atoms with Crippen molar-refractivity contribution in [2.45, 2.75) is 70.8 Å². The normalized spacial score (nSPS) is 16.2. The van der Waals surface area contributed by atoms with Gasteiger partial charge in [-0.1, -0.05) is 68.4 Å². The van der Waals surface area contributed by atoms with Gasteiger partial charge in [-0.05, 0) is 31.2 Å². The van der Waals surface area contributed by atoms with E-state index in [2.05, 4.69) is 41.3 Å². The lowest BCUT2D eigenvalue weighted by Gasteiger charge is -2.21. The average Bonchev–Trinajstić information content (AvgIpc) is 3.34. The Labute approximate surface area is 173 Å². The van der Waals surface area contributed by atoms with Crippen LogP contribution in [0.3, 0.4) is 0 Å². The minimum absolute atomic E-state index is 0. The first-order valence-electron chi connectivity index (χ1n) is 10.2. The van der Waals surface area contributed by atoms with E-state index >= 15 is 0 Å². The van der Waals surface area contributed by atoms with E-state index in [0.717, 1.165) is 31.4 Å². The van der Waals surface area contributed by atoms with Crippen molar-refractivity contribution in [1.82, 2.24) is 15.0 Å². The molecule has 2 heterocycles. The predicted octanol–water partition coefficient (Wildman–Crippen LogP) is 5.09. The number of guanidine groups is 1. The van der Waals surface area contributed by atoms with Crippen molar-refractivity contribution in [1.29, 1.82) is 5.41 Å². The van der Waals surface area contributed by atoms with Gasteiger partial charge >= 0.3 is 0 Å². The van der Waals surface area contributed by atoms with Crippen LogP contribution in [0.25, 0.3) is 11.4 Å². The average molecular weight is 406 g/mol. The maximum atomic E-state index is 7.68. The van der Waals surface area contributed by atoms with E-state index in [-0.39, 0.29) is 24.4 Å². The predicted molar refractivity (Wildman–Crippen MR) is 115 cm³/mol. The summed E-state index contributed by atoms with van der Waals surface area (Å²) in [5.41, 5.74) is 7.97. The van der Waals surface area contributed by atoms with Crippen molar-refractivity contribution in [3.05, 3.63) is 35.7 Å². The number of likely N-dealkylation sites (tertiary alicyclic amines) is 1. The van der Waals surface area contributed by atoms with E-state index in [4.69, 9.17) is 15.7 Å². The number of nitrogens with one attached hydrogen (secondary N) is 1. The quantitative estimate of drug-likeness (QED) is 0.344. The van der Waals surface area contributed by atoms with Gasteiger partial charge < -0.3 is 15.2 Å². The molecule has 1 fully saturated rings. The van der Waals surface area contributed by atoms with Gasteiger partial charge in [-0.2, -0.15) is 4.98 Å². The zero-order valence-corrected chi connectivity index (χ0v) is 17.5. The molecule has 154 valence electrons. The van der Waals surface area contributed by atoms with E-state index in [1.807, 2.05) is 4.90 Å². The highest BCUT2D eigenvalue weighted by molar-refractivity contribution is 5.85. The number of hydrogen-bond donors (Lipinski definition) is 2. The van der Waals surface area contributed by atoms with Crippen LogP contribution >= 0.6 is 12.4 Å². The Morgan fingerprint density at radius 1 is 1.18 bits per heavy atom. The van der Waals surface area contributed by atoms with Gasteiger partial charge in [0.25, 0.3) is 0 Å². The summed E-state index contributed by atoms with van der Waals surface area (Å²) in [5.74, 6) is 1.22. The highest BCUT2D eigenvalue weighted by Crippen LogP contribution is 2.31. The Morgan fingerprint density at radius 2 is 1.89 bits per heavy atom. The molecule has 2 aromatic rings. The summed E-state index contributed by atoms with van der Waals surface area (Å²) < 4.78 is 5.47. The van der Waals surface area contributed by atoms with Gasteiger partial charge in [0.15, 0.2) is 5.96 Å². The minimum atomic E-state index is -0.0734. The second kappa shape index (κ2) is 11.1. The summed E-state index contributed by atoms with van der Waals surface area (Å²) >= 11 is 0. The third kappa shape index (κ3) is 5.71. The zero-order chi connectivity index (χ0) is 19.1. The lowest BCUT2D eigenvalue weighted by molar-refractivity contribution is 0.283. The summed E-state index contributed by atoms with van der Waals surface area (Å²) in [6, 6.07) is 8.39. The number of hydrogen-bond acceptors (Lipinski definition) is 4. The van der Waals surface area contributed by atoms with Gasteiger partial charge in [0.05, 0.1) is 0 Å². The van der Waals surface area contributed by atoms with Crippen molar-refractivity contribution >= 4 is 18.4 Å². The maximum absolute atomic E-state index is 7.68. The molecule has 1 atom stereocenters. The first kappa shape index (κ1) is 22.2. The van der Waals surface area contributed by atoms with Crippen molar-refractivity contribution in [3.8, 4) is 11.4 Å². The monoisotopic (exact) mass is 405 g/mol. The highest BCUT2D eigenvalue weighted by Gasteiger charge is 2.31. The first-order chi connectivity index (χ1) is 13.2. The molecule has 0 radical (unpaired) electrons. The Balaban J connectivity index is 0.00000280. The summed E-state index contributed by atoms with van der Waals surface area (Å²) in [6.45, 7) is 3.02. The summed E-state index contributed by atoms with van der Waals surface area (Å²) in [4.78, 5) is 6.38. The molecule has 0 spiro atoms. The van der Waals surface area contributed by atoms with Gasteiger partial charge in [-0.3, -0.25) is 5.41 Å². The smallest absolute Gasteiger partial charge is 0.249 e. The lowest BCUT2D eigenvalue weighted by atomic mass is 10.0. The van der Waals surface area contributed by atoms with E-state index in [9.17, 15) is 0 Å². The van der Waals surface area contributed by atoms with Crippen LogP contribution < -0.4 is 5.73 Å². The van der Waals surface area contributed by atoms with Crippen LogP contribution in [0.1, 0.15) is 75.8 Å². The molecule has 1 unspecified atom stereocenters. The molecule has 3 N–H and O–H groups in total. The van der Waals surface area contributed by atoms with Crippen molar-refractivity contribution < 1.29 is 4.52 Å². The van der Waals surface area contributed by atoms with Crippen molar-refractivity contribution in [2.75, 3.05) is 6.54 Å². The van der Waals surface area contributed by atoms with Crippen LogP contribution in [0.5, 0.6) is 0 Å². The Morgan fingerprint density at radius 3 is 2.61 bits per heavy atom. The van der Waals surface area contributed by atoms with Crippen LogP contribution in [0.2, 0.25) is 0 Å². The molecule has 1 saturated heterocycles. The van der Waals surface area contributed by atoms with Crippen LogP contribution in [-0.4, -0.2) is 27.5 Å². The van der Waals surface area contributed by atoms with Crippen molar-refractivity contribution in [2.24, 2.45) is 5.73 Å². The second-order valence-electron chi connectivity index (χ2n) is 7.41. The van der Waals surface area contributed by atoms with E-state index in [0.29, 0.717) is 11.7 Å². The van der Waals surface area contributed by atoms with Crippen LogP contribution in [0, 0.1) is 5.41 Å². The fourth-order valence-corrected chi connectivity index (χ4v) is 3.73. The number of aromatic nitrogens is 2. The largest absolute Gasteiger partial charge is 0.370 e. The number of aryl methyl sites for hydroxylation is 1. The fraction of sp³-hybridized carbons (Fsp3) is 0.571. The Bertz CT molecular complexity index is 731. The SMILES string of the molecule is CCCCCCCCc1ccc(-c2noc(C3CCCN3C(=N)N)n2)cc1.Cl. The van der Waals surface area contributed by atoms with Gasteiger partial charge in [0.1, 0.15) is 6.04 Å². The molecular weight excluding hydrogens is 374 g/mol. The van der Waals surface area contributed by atoms with Crippen LogP contribution in [-0.2, 0) is 6.42 Å². The maximum Gasteiger partial charge on any atom is 0.249 e. The lowest BCUT2D eigenvalue weighted by Crippen LogP contribution is -2.35. The molecule has 7 heteroatoms. The number of unbranched alkanes of at least 4 members (excludes halogenated alkanes) is 5. The molecule has 1 aliphatic rings. The molecule has 28 heavy (non-hydrogen) atoms. The summed E-state index contributed by atoms with van der Waals surface area (Å²) in [7, 11) is 0.